The smallest absolute Gasteiger partial charge is 0.273 e. The van der Waals surface area contributed by atoms with Gasteiger partial charge in [0, 0.05) is 12.4 Å². The zero-order chi connectivity index (χ0) is 13.3. The van der Waals surface area contributed by atoms with Crippen LogP contribution in [0, 0.1) is 13.8 Å². The zero-order valence-electron chi connectivity index (χ0n) is 9.84. The van der Waals surface area contributed by atoms with Gasteiger partial charge >= 0.3 is 0 Å². The fourth-order valence-corrected chi connectivity index (χ4v) is 3.86. The molecule has 0 aliphatic heterocycles. The predicted octanol–water partition coefficient (Wildman–Crippen LogP) is 1.54. The molecule has 6 nitrogen and oxygen atoms in total. The van der Waals surface area contributed by atoms with Crippen LogP contribution in [0.1, 0.15) is 11.3 Å². The van der Waals surface area contributed by atoms with Gasteiger partial charge < -0.3 is 5.73 Å². The Morgan fingerprint density at radius 3 is 2.67 bits per heavy atom. The van der Waals surface area contributed by atoms with Gasteiger partial charge in [0.1, 0.15) is 0 Å². The van der Waals surface area contributed by atoms with E-state index in [4.69, 9.17) is 5.73 Å². The van der Waals surface area contributed by atoms with Gasteiger partial charge in [-0.3, -0.25) is 9.71 Å². The molecular formula is C10H12N4O2S2. The maximum Gasteiger partial charge on any atom is 0.273 e. The minimum Gasteiger partial charge on any atom is -0.375 e. The van der Waals surface area contributed by atoms with Gasteiger partial charge in [-0.05, 0) is 25.5 Å². The number of anilines is 2. The molecule has 96 valence electrons. The molecule has 0 bridgehead atoms. The molecule has 0 unspecified atom stereocenters. The van der Waals surface area contributed by atoms with Crippen molar-refractivity contribution in [3.63, 3.8) is 0 Å². The molecule has 2 aromatic rings. The highest BCUT2D eigenvalue weighted by atomic mass is 32.2. The number of nitrogen functional groups attached to an aromatic ring is 1. The second-order valence-corrected chi connectivity index (χ2v) is 6.63. The van der Waals surface area contributed by atoms with E-state index in [0.717, 1.165) is 16.9 Å². The minimum absolute atomic E-state index is 0.135. The summed E-state index contributed by atoms with van der Waals surface area (Å²) in [5, 5.41) is 0.235. The number of rotatable bonds is 3. The molecule has 2 aromatic heterocycles. The van der Waals surface area contributed by atoms with E-state index in [1.165, 1.54) is 6.20 Å². The Balaban J connectivity index is 2.40. The largest absolute Gasteiger partial charge is 0.375 e. The highest BCUT2D eigenvalue weighted by Crippen LogP contribution is 2.27. The van der Waals surface area contributed by atoms with Gasteiger partial charge in [-0.25, -0.2) is 13.4 Å². The van der Waals surface area contributed by atoms with E-state index in [1.807, 2.05) is 0 Å². The molecular weight excluding hydrogens is 272 g/mol. The maximum atomic E-state index is 12.2. The molecule has 0 aliphatic rings. The van der Waals surface area contributed by atoms with Crippen molar-refractivity contribution in [1.82, 2.24) is 9.97 Å². The summed E-state index contributed by atoms with van der Waals surface area (Å²) in [6, 6.07) is 1.60. The zero-order valence-corrected chi connectivity index (χ0v) is 11.5. The summed E-state index contributed by atoms with van der Waals surface area (Å²) in [5.74, 6) is 0. The molecule has 18 heavy (non-hydrogen) atoms. The van der Waals surface area contributed by atoms with Crippen molar-refractivity contribution in [3.8, 4) is 0 Å². The second-order valence-electron chi connectivity index (χ2n) is 3.72. The number of pyridine rings is 1. The topological polar surface area (TPSA) is 98.0 Å². The Morgan fingerprint density at radius 2 is 2.11 bits per heavy atom. The quantitative estimate of drug-likeness (QED) is 0.890. The van der Waals surface area contributed by atoms with Gasteiger partial charge in [0.2, 0.25) is 0 Å². The minimum atomic E-state index is -3.65. The van der Waals surface area contributed by atoms with Gasteiger partial charge in [-0.1, -0.05) is 11.3 Å². The van der Waals surface area contributed by atoms with E-state index in [1.54, 1.807) is 26.1 Å². The molecule has 2 heterocycles. The molecule has 0 atom stereocenters. The first-order chi connectivity index (χ1) is 8.40. The molecule has 0 fully saturated rings. The van der Waals surface area contributed by atoms with E-state index in [2.05, 4.69) is 14.7 Å². The highest BCUT2D eigenvalue weighted by molar-refractivity contribution is 7.94. The van der Waals surface area contributed by atoms with Crippen molar-refractivity contribution < 1.29 is 8.42 Å². The van der Waals surface area contributed by atoms with Crippen LogP contribution < -0.4 is 10.5 Å². The third-order valence-electron chi connectivity index (χ3n) is 2.28. The van der Waals surface area contributed by atoms with Gasteiger partial charge in [-0.2, -0.15) is 0 Å². The van der Waals surface area contributed by atoms with Crippen molar-refractivity contribution in [1.29, 1.82) is 0 Å². The fourth-order valence-electron chi connectivity index (χ4n) is 1.43. The van der Waals surface area contributed by atoms with E-state index in [-0.39, 0.29) is 9.34 Å². The molecule has 0 aromatic carbocycles. The molecule has 0 saturated heterocycles. The summed E-state index contributed by atoms with van der Waals surface area (Å²) in [6.07, 6.45) is 3.12. The monoisotopic (exact) mass is 284 g/mol. The van der Waals surface area contributed by atoms with Crippen LogP contribution in [0.4, 0.5) is 10.8 Å². The summed E-state index contributed by atoms with van der Waals surface area (Å²) in [7, 11) is -3.65. The van der Waals surface area contributed by atoms with Crippen molar-refractivity contribution in [2.45, 2.75) is 18.1 Å². The second kappa shape index (κ2) is 4.54. The van der Waals surface area contributed by atoms with Crippen molar-refractivity contribution in [2.24, 2.45) is 0 Å². The lowest BCUT2D eigenvalue weighted by Gasteiger charge is -2.08. The van der Waals surface area contributed by atoms with Crippen LogP contribution in [0.5, 0.6) is 0 Å². The summed E-state index contributed by atoms with van der Waals surface area (Å²) >= 11 is 0.947. The van der Waals surface area contributed by atoms with Gasteiger partial charge in [0.15, 0.2) is 9.34 Å². The van der Waals surface area contributed by atoms with E-state index in [9.17, 15) is 8.42 Å². The van der Waals surface area contributed by atoms with Crippen LogP contribution in [-0.4, -0.2) is 18.4 Å². The van der Waals surface area contributed by atoms with Crippen molar-refractivity contribution in [2.75, 3.05) is 10.5 Å². The average molecular weight is 284 g/mol. The molecule has 0 spiro atoms. The van der Waals surface area contributed by atoms with Crippen molar-refractivity contribution >= 4 is 32.2 Å². The molecule has 0 aliphatic carbocycles. The fraction of sp³-hybridized carbons (Fsp3) is 0.200. The van der Waals surface area contributed by atoms with Gasteiger partial charge in [-0.15, -0.1) is 0 Å². The number of thiazole rings is 1. The van der Waals surface area contributed by atoms with Crippen LogP contribution in [-0.2, 0) is 10.0 Å². The van der Waals surface area contributed by atoms with Crippen molar-refractivity contribution in [3.05, 3.63) is 29.7 Å². The van der Waals surface area contributed by atoms with E-state index >= 15 is 0 Å². The average Bonchev–Trinajstić information content (AvgIpc) is 2.62. The first-order valence-electron chi connectivity index (χ1n) is 5.06. The van der Waals surface area contributed by atoms with Crippen LogP contribution in [0.2, 0.25) is 0 Å². The van der Waals surface area contributed by atoms with Crippen LogP contribution >= 0.6 is 11.3 Å². The molecule has 0 saturated carbocycles. The summed E-state index contributed by atoms with van der Waals surface area (Å²) in [6.45, 7) is 3.39. The molecule has 0 amide bonds. The SMILES string of the molecule is Cc1cnccc1NS(=O)(=O)c1sc(N)nc1C. The molecule has 0 radical (unpaired) electrons. The lowest BCUT2D eigenvalue weighted by atomic mass is 10.3. The van der Waals surface area contributed by atoms with Crippen LogP contribution in [0.15, 0.2) is 22.7 Å². The number of hydrogen-bond acceptors (Lipinski definition) is 6. The van der Waals surface area contributed by atoms with E-state index in [0.29, 0.717) is 11.4 Å². The lowest BCUT2D eigenvalue weighted by Crippen LogP contribution is -2.13. The number of hydrogen-bond donors (Lipinski definition) is 2. The Morgan fingerprint density at radius 1 is 1.39 bits per heavy atom. The third-order valence-corrected chi connectivity index (χ3v) is 5.24. The first-order valence-corrected chi connectivity index (χ1v) is 7.36. The standard InChI is InChI=1S/C10H12N4O2S2/c1-6-5-12-4-3-8(6)14-18(15,16)9-7(2)13-10(11)17-9/h3-5H,1-2H3,(H2,11,13)(H,12,14). The third kappa shape index (κ3) is 2.44. The molecule has 8 heteroatoms. The van der Waals surface area contributed by atoms with Gasteiger partial charge in [0.25, 0.3) is 10.0 Å². The first kappa shape index (κ1) is 12.8. The van der Waals surface area contributed by atoms with Crippen LogP contribution in [0.25, 0.3) is 0 Å². The number of nitrogens with two attached hydrogens (primary N) is 1. The highest BCUT2D eigenvalue weighted by Gasteiger charge is 2.21. The summed E-state index contributed by atoms with van der Waals surface area (Å²) < 4.78 is 27.0. The van der Waals surface area contributed by atoms with E-state index < -0.39 is 10.0 Å². The number of sulfonamides is 1. The Labute approximate surface area is 109 Å². The van der Waals surface area contributed by atoms with Gasteiger partial charge in [0.05, 0.1) is 11.4 Å². The lowest BCUT2D eigenvalue weighted by molar-refractivity contribution is 0.602. The Bertz CT molecular complexity index is 679. The Hall–Kier alpha value is -1.67. The number of aryl methyl sites for hydroxylation is 2. The number of aromatic nitrogens is 2. The number of nitrogens with zero attached hydrogens (tertiary/aromatic N) is 2. The normalized spacial score (nSPS) is 11.4. The number of nitrogens with one attached hydrogen (secondary N) is 1. The summed E-state index contributed by atoms with van der Waals surface area (Å²) in [5.41, 5.74) is 7.15. The molecule has 3 N–H and O–H groups in total. The maximum absolute atomic E-state index is 12.2. The molecule has 2 rings (SSSR count). The predicted molar refractivity (Wildman–Crippen MR) is 71.0 cm³/mol. The summed E-state index contributed by atoms with van der Waals surface area (Å²) in [4.78, 5) is 7.81. The van der Waals surface area contributed by atoms with Crippen LogP contribution in [0.3, 0.4) is 0 Å². The Kier molecular flexibility index (Phi) is 3.22.